The molecule has 1 aromatic heterocycles. The van der Waals surface area contributed by atoms with Crippen LogP contribution in [-0.2, 0) is 6.18 Å². The third kappa shape index (κ3) is 3.34. The van der Waals surface area contributed by atoms with E-state index in [4.69, 9.17) is 0 Å². The van der Waals surface area contributed by atoms with E-state index in [-0.39, 0.29) is 11.2 Å². The van der Waals surface area contributed by atoms with E-state index in [0.29, 0.717) is 5.41 Å². The summed E-state index contributed by atoms with van der Waals surface area (Å²) in [5, 5.41) is 3.33. The van der Waals surface area contributed by atoms with Gasteiger partial charge < -0.3 is 5.32 Å². The number of nitrogens with one attached hydrogen (secondary N) is 1. The molecule has 0 bridgehead atoms. The Hall–Kier alpha value is -0.850. The highest BCUT2D eigenvalue weighted by Gasteiger charge is 2.36. The Labute approximate surface area is 108 Å². The number of halogens is 3. The fourth-order valence-electron chi connectivity index (χ4n) is 2.12. The Morgan fingerprint density at radius 1 is 1.28 bits per heavy atom. The van der Waals surface area contributed by atoms with Crippen molar-refractivity contribution < 1.29 is 13.2 Å². The molecule has 1 aliphatic rings. The van der Waals surface area contributed by atoms with Gasteiger partial charge in [0.2, 0.25) is 11.0 Å². The molecule has 0 amide bonds. The highest BCUT2D eigenvalue weighted by atomic mass is 32.1. The van der Waals surface area contributed by atoms with Gasteiger partial charge in [0.15, 0.2) is 0 Å². The first-order chi connectivity index (χ1) is 8.26. The summed E-state index contributed by atoms with van der Waals surface area (Å²) in [5.41, 5.74) is 0.344. The van der Waals surface area contributed by atoms with Gasteiger partial charge in [-0.2, -0.15) is 22.5 Å². The van der Waals surface area contributed by atoms with Gasteiger partial charge in [-0.05, 0) is 31.1 Å². The molecule has 1 fully saturated rings. The Morgan fingerprint density at radius 2 is 1.89 bits per heavy atom. The quantitative estimate of drug-likeness (QED) is 0.891. The van der Waals surface area contributed by atoms with Gasteiger partial charge in [0, 0.05) is 17.6 Å². The van der Waals surface area contributed by atoms with Crippen molar-refractivity contribution in [2.24, 2.45) is 5.41 Å². The maximum absolute atomic E-state index is 12.3. The normalized spacial score (nSPS) is 20.9. The molecule has 0 radical (unpaired) electrons. The number of hydrogen-bond donors (Lipinski definition) is 1. The molecule has 0 unspecified atom stereocenters. The summed E-state index contributed by atoms with van der Waals surface area (Å²) in [7, 11) is 0. The highest BCUT2D eigenvalue weighted by molar-refractivity contribution is 7.09. The molecule has 0 aromatic carbocycles. The third-order valence-electron chi connectivity index (χ3n) is 3.35. The van der Waals surface area contributed by atoms with Crippen LogP contribution >= 0.6 is 11.5 Å². The maximum Gasteiger partial charge on any atom is 0.452 e. The summed E-state index contributed by atoms with van der Waals surface area (Å²) in [6.45, 7) is 4.44. The first-order valence-electron chi connectivity index (χ1n) is 5.94. The average molecular weight is 279 g/mol. The number of anilines is 1. The second-order valence-electron chi connectivity index (χ2n) is 5.50. The van der Waals surface area contributed by atoms with Crippen molar-refractivity contribution in [2.45, 2.75) is 51.7 Å². The summed E-state index contributed by atoms with van der Waals surface area (Å²) in [4.78, 5) is 3.48. The predicted molar refractivity (Wildman–Crippen MR) is 64.6 cm³/mol. The Bertz CT molecular complexity index is 404. The number of nitrogens with zero attached hydrogens (tertiary/aromatic N) is 2. The van der Waals surface area contributed by atoms with E-state index >= 15 is 0 Å². The molecule has 3 nitrogen and oxygen atoms in total. The topological polar surface area (TPSA) is 37.8 Å². The predicted octanol–water partition coefficient (Wildman–Crippen LogP) is 3.94. The fourth-order valence-corrected chi connectivity index (χ4v) is 2.78. The minimum Gasteiger partial charge on any atom is -0.358 e. The minimum absolute atomic E-state index is 0.215. The smallest absolute Gasteiger partial charge is 0.358 e. The van der Waals surface area contributed by atoms with Crippen molar-refractivity contribution in [3.63, 3.8) is 0 Å². The van der Waals surface area contributed by atoms with Gasteiger partial charge in [-0.3, -0.25) is 0 Å². The zero-order valence-corrected chi connectivity index (χ0v) is 11.2. The molecule has 0 atom stereocenters. The average Bonchev–Trinajstić information content (AvgIpc) is 2.69. The lowest BCUT2D eigenvalue weighted by molar-refractivity contribution is -0.144. The van der Waals surface area contributed by atoms with Crippen molar-refractivity contribution in [3.8, 4) is 0 Å². The first-order valence-corrected chi connectivity index (χ1v) is 6.71. The minimum atomic E-state index is -4.45. The van der Waals surface area contributed by atoms with E-state index in [1.165, 1.54) is 0 Å². The summed E-state index contributed by atoms with van der Waals surface area (Å²) in [5.74, 6) is -1.05. The molecule has 7 heteroatoms. The lowest BCUT2D eigenvalue weighted by Gasteiger charge is -2.34. The van der Waals surface area contributed by atoms with Crippen LogP contribution in [0.1, 0.15) is 45.4 Å². The van der Waals surface area contributed by atoms with Crippen molar-refractivity contribution in [2.75, 3.05) is 5.32 Å². The van der Waals surface area contributed by atoms with Crippen LogP contribution in [0.2, 0.25) is 0 Å². The van der Waals surface area contributed by atoms with Crippen molar-refractivity contribution in [1.29, 1.82) is 0 Å². The second kappa shape index (κ2) is 4.68. The van der Waals surface area contributed by atoms with Crippen LogP contribution in [0.15, 0.2) is 0 Å². The number of hydrogen-bond acceptors (Lipinski definition) is 4. The lowest BCUT2D eigenvalue weighted by atomic mass is 9.76. The van der Waals surface area contributed by atoms with Crippen LogP contribution in [0.4, 0.5) is 18.3 Å². The largest absolute Gasteiger partial charge is 0.452 e. The van der Waals surface area contributed by atoms with E-state index in [1.807, 2.05) is 0 Å². The second-order valence-corrected chi connectivity index (χ2v) is 6.26. The molecule has 1 aliphatic carbocycles. The Morgan fingerprint density at radius 3 is 2.39 bits per heavy atom. The number of rotatable bonds is 2. The van der Waals surface area contributed by atoms with Crippen LogP contribution in [0.5, 0.6) is 0 Å². The summed E-state index contributed by atoms with van der Waals surface area (Å²) in [6.07, 6.45) is -0.363. The molecule has 0 saturated heterocycles. The number of aromatic nitrogens is 2. The van der Waals surface area contributed by atoms with Gasteiger partial charge in [-0.25, -0.2) is 0 Å². The monoisotopic (exact) mass is 279 g/mol. The third-order valence-corrected chi connectivity index (χ3v) is 3.99. The Kier molecular flexibility index (Phi) is 3.53. The summed E-state index contributed by atoms with van der Waals surface area (Å²) >= 11 is 0.778. The van der Waals surface area contributed by atoms with Gasteiger partial charge >= 0.3 is 6.18 Å². The SMILES string of the molecule is CC1(C)CCC(Nc2nc(C(F)(F)F)ns2)CC1. The highest BCUT2D eigenvalue weighted by Crippen LogP contribution is 2.36. The van der Waals surface area contributed by atoms with Crippen molar-refractivity contribution >= 4 is 16.7 Å². The zero-order chi connectivity index (χ0) is 13.4. The van der Waals surface area contributed by atoms with Crippen LogP contribution in [0, 0.1) is 5.41 Å². The molecular formula is C11H16F3N3S. The summed E-state index contributed by atoms with van der Waals surface area (Å²) in [6, 6.07) is 0.215. The lowest BCUT2D eigenvalue weighted by Crippen LogP contribution is -2.29. The first kappa shape index (κ1) is 13.6. The molecule has 0 aliphatic heterocycles. The molecule has 1 heterocycles. The van der Waals surface area contributed by atoms with Crippen LogP contribution in [-0.4, -0.2) is 15.4 Å². The summed E-state index contributed by atoms with van der Waals surface area (Å²) < 4.78 is 40.3. The van der Waals surface area contributed by atoms with Gasteiger partial charge in [0.05, 0.1) is 0 Å². The van der Waals surface area contributed by atoms with E-state index in [9.17, 15) is 13.2 Å². The molecule has 18 heavy (non-hydrogen) atoms. The van der Waals surface area contributed by atoms with Crippen LogP contribution in [0.3, 0.4) is 0 Å². The van der Waals surface area contributed by atoms with Crippen LogP contribution in [0.25, 0.3) is 0 Å². The van der Waals surface area contributed by atoms with Crippen molar-refractivity contribution in [3.05, 3.63) is 5.82 Å². The van der Waals surface area contributed by atoms with Gasteiger partial charge in [-0.15, -0.1) is 0 Å². The van der Waals surface area contributed by atoms with E-state index in [2.05, 4.69) is 28.5 Å². The Balaban J connectivity index is 1.93. The van der Waals surface area contributed by atoms with E-state index < -0.39 is 12.0 Å². The van der Waals surface area contributed by atoms with Gasteiger partial charge in [0.25, 0.3) is 0 Å². The standard InChI is InChI=1S/C11H16F3N3S/c1-10(2)5-3-7(4-6-10)15-9-16-8(17-18-9)11(12,13)14/h7H,3-6H2,1-2H3,(H,15,16,17). The molecular weight excluding hydrogens is 263 g/mol. The van der Waals surface area contributed by atoms with E-state index in [0.717, 1.165) is 37.2 Å². The van der Waals surface area contributed by atoms with Gasteiger partial charge in [-0.1, -0.05) is 13.8 Å². The fraction of sp³-hybridized carbons (Fsp3) is 0.818. The zero-order valence-electron chi connectivity index (χ0n) is 10.3. The molecule has 102 valence electrons. The van der Waals surface area contributed by atoms with E-state index in [1.54, 1.807) is 0 Å². The molecule has 2 rings (SSSR count). The van der Waals surface area contributed by atoms with Gasteiger partial charge in [0.1, 0.15) is 0 Å². The molecule has 1 aromatic rings. The van der Waals surface area contributed by atoms with Crippen LogP contribution < -0.4 is 5.32 Å². The maximum atomic E-state index is 12.3. The number of alkyl halides is 3. The molecule has 1 N–H and O–H groups in total. The molecule has 1 saturated carbocycles. The molecule has 0 spiro atoms. The van der Waals surface area contributed by atoms with Crippen molar-refractivity contribution in [1.82, 2.24) is 9.36 Å².